The summed E-state index contributed by atoms with van der Waals surface area (Å²) in [4.78, 5) is 0. The number of hydrogen-bond acceptors (Lipinski definition) is 1. The molecular formula is C16H22N2. The summed E-state index contributed by atoms with van der Waals surface area (Å²) >= 11 is 0. The zero-order chi connectivity index (χ0) is 13.4. The van der Waals surface area contributed by atoms with Gasteiger partial charge in [0.2, 0.25) is 0 Å². The standard InChI is InChI=1S/C16H22N2/c1-10(2)18-14(6)16(13(5)17-18)15-8-7-11(3)12(4)9-15/h7-10H,1-6H3. The van der Waals surface area contributed by atoms with Gasteiger partial charge < -0.3 is 0 Å². The third-order valence-corrected chi connectivity index (χ3v) is 3.61. The molecule has 0 aliphatic rings. The highest BCUT2D eigenvalue weighted by Gasteiger charge is 2.15. The molecule has 2 rings (SSSR count). The molecule has 96 valence electrons. The molecule has 0 aliphatic heterocycles. The van der Waals surface area contributed by atoms with Gasteiger partial charge in [-0.05, 0) is 58.2 Å². The fraction of sp³-hybridized carbons (Fsp3) is 0.438. The molecule has 0 N–H and O–H groups in total. The van der Waals surface area contributed by atoms with Crippen molar-refractivity contribution < 1.29 is 0 Å². The molecule has 0 amide bonds. The van der Waals surface area contributed by atoms with Crippen molar-refractivity contribution in [2.24, 2.45) is 0 Å². The van der Waals surface area contributed by atoms with E-state index in [1.165, 1.54) is 27.9 Å². The predicted molar refractivity (Wildman–Crippen MR) is 77.0 cm³/mol. The highest BCUT2D eigenvalue weighted by Crippen LogP contribution is 2.29. The van der Waals surface area contributed by atoms with E-state index >= 15 is 0 Å². The van der Waals surface area contributed by atoms with Crippen molar-refractivity contribution in [2.45, 2.75) is 47.6 Å². The number of hydrogen-bond donors (Lipinski definition) is 0. The monoisotopic (exact) mass is 242 g/mol. The third-order valence-electron chi connectivity index (χ3n) is 3.61. The van der Waals surface area contributed by atoms with Gasteiger partial charge in [0.1, 0.15) is 0 Å². The van der Waals surface area contributed by atoms with E-state index in [9.17, 15) is 0 Å². The second kappa shape index (κ2) is 4.60. The van der Waals surface area contributed by atoms with Crippen molar-refractivity contribution in [2.75, 3.05) is 0 Å². The van der Waals surface area contributed by atoms with Crippen LogP contribution in [-0.4, -0.2) is 9.78 Å². The van der Waals surface area contributed by atoms with Gasteiger partial charge in [-0.15, -0.1) is 0 Å². The molecule has 2 heteroatoms. The van der Waals surface area contributed by atoms with Crippen molar-refractivity contribution >= 4 is 0 Å². The maximum absolute atomic E-state index is 4.65. The largest absolute Gasteiger partial charge is 0.266 e. The molecule has 0 saturated heterocycles. The number of nitrogens with zero attached hydrogens (tertiary/aromatic N) is 2. The molecule has 0 bridgehead atoms. The van der Waals surface area contributed by atoms with Crippen molar-refractivity contribution in [3.63, 3.8) is 0 Å². The van der Waals surface area contributed by atoms with Gasteiger partial charge in [-0.3, -0.25) is 4.68 Å². The second-order valence-electron chi connectivity index (χ2n) is 5.38. The van der Waals surface area contributed by atoms with Crippen LogP contribution in [0.4, 0.5) is 0 Å². The lowest BCUT2D eigenvalue weighted by molar-refractivity contribution is 0.516. The number of aromatic nitrogens is 2. The Kier molecular flexibility index (Phi) is 3.29. The van der Waals surface area contributed by atoms with Crippen LogP contribution in [0, 0.1) is 27.7 Å². The highest BCUT2D eigenvalue weighted by atomic mass is 15.3. The van der Waals surface area contributed by atoms with E-state index in [1.807, 2.05) is 0 Å². The minimum absolute atomic E-state index is 0.406. The molecule has 0 fully saturated rings. The van der Waals surface area contributed by atoms with Crippen molar-refractivity contribution in [3.05, 3.63) is 40.7 Å². The van der Waals surface area contributed by atoms with E-state index in [4.69, 9.17) is 0 Å². The van der Waals surface area contributed by atoms with E-state index in [1.54, 1.807) is 0 Å². The van der Waals surface area contributed by atoms with Crippen molar-refractivity contribution in [3.8, 4) is 11.1 Å². The first-order valence-electron chi connectivity index (χ1n) is 6.55. The Labute approximate surface area is 110 Å². The van der Waals surface area contributed by atoms with E-state index in [0.29, 0.717) is 6.04 Å². The average molecular weight is 242 g/mol. The number of benzene rings is 1. The first kappa shape index (κ1) is 12.9. The molecule has 0 atom stereocenters. The summed E-state index contributed by atoms with van der Waals surface area (Å²) in [5, 5.41) is 4.65. The molecule has 18 heavy (non-hydrogen) atoms. The zero-order valence-corrected chi connectivity index (χ0v) is 12.2. The summed E-state index contributed by atoms with van der Waals surface area (Å²) in [7, 11) is 0. The lowest BCUT2D eigenvalue weighted by Crippen LogP contribution is -2.04. The van der Waals surface area contributed by atoms with E-state index in [2.05, 4.69) is 69.5 Å². The molecule has 2 aromatic rings. The summed E-state index contributed by atoms with van der Waals surface area (Å²) in [6.45, 7) is 12.9. The summed E-state index contributed by atoms with van der Waals surface area (Å²) in [6.07, 6.45) is 0. The van der Waals surface area contributed by atoms with Crippen LogP contribution in [0.1, 0.15) is 42.4 Å². The Balaban J connectivity index is 2.60. The molecule has 0 unspecified atom stereocenters. The maximum Gasteiger partial charge on any atom is 0.0675 e. The van der Waals surface area contributed by atoms with E-state index in [-0.39, 0.29) is 0 Å². The Morgan fingerprint density at radius 3 is 2.17 bits per heavy atom. The van der Waals surface area contributed by atoms with Crippen LogP contribution in [0.2, 0.25) is 0 Å². The van der Waals surface area contributed by atoms with Gasteiger partial charge in [-0.2, -0.15) is 5.10 Å². The summed E-state index contributed by atoms with van der Waals surface area (Å²) in [5.41, 5.74) is 7.61. The lowest BCUT2D eigenvalue weighted by atomic mass is 9.99. The fourth-order valence-corrected chi connectivity index (χ4v) is 2.48. The van der Waals surface area contributed by atoms with E-state index < -0.39 is 0 Å². The Morgan fingerprint density at radius 1 is 1.00 bits per heavy atom. The Hall–Kier alpha value is -1.57. The van der Waals surface area contributed by atoms with Crippen molar-refractivity contribution in [1.82, 2.24) is 9.78 Å². The maximum atomic E-state index is 4.65. The lowest BCUT2D eigenvalue weighted by Gasteiger charge is -2.09. The van der Waals surface area contributed by atoms with Crippen LogP contribution in [0.3, 0.4) is 0 Å². The van der Waals surface area contributed by atoms with Gasteiger partial charge in [-0.1, -0.05) is 18.2 Å². The minimum Gasteiger partial charge on any atom is -0.266 e. The minimum atomic E-state index is 0.406. The third kappa shape index (κ3) is 2.07. The summed E-state index contributed by atoms with van der Waals surface area (Å²) < 4.78 is 2.11. The van der Waals surface area contributed by atoms with Gasteiger partial charge in [-0.25, -0.2) is 0 Å². The van der Waals surface area contributed by atoms with Crippen LogP contribution >= 0.6 is 0 Å². The van der Waals surface area contributed by atoms with Crippen LogP contribution in [0.25, 0.3) is 11.1 Å². The second-order valence-corrected chi connectivity index (χ2v) is 5.38. The van der Waals surface area contributed by atoms with Gasteiger partial charge in [0.25, 0.3) is 0 Å². The molecule has 0 spiro atoms. The zero-order valence-electron chi connectivity index (χ0n) is 12.2. The molecule has 2 nitrogen and oxygen atoms in total. The summed E-state index contributed by atoms with van der Waals surface area (Å²) in [6, 6.07) is 7.06. The average Bonchev–Trinajstić information content (AvgIpc) is 2.59. The predicted octanol–water partition coefficient (Wildman–Crippen LogP) is 4.36. The van der Waals surface area contributed by atoms with Crippen molar-refractivity contribution in [1.29, 1.82) is 0 Å². The summed E-state index contributed by atoms with van der Waals surface area (Å²) in [5.74, 6) is 0. The van der Waals surface area contributed by atoms with Gasteiger partial charge in [0, 0.05) is 17.3 Å². The first-order valence-corrected chi connectivity index (χ1v) is 6.55. The number of rotatable bonds is 2. The molecule has 1 aromatic carbocycles. The highest BCUT2D eigenvalue weighted by molar-refractivity contribution is 5.69. The quantitative estimate of drug-likeness (QED) is 0.765. The van der Waals surface area contributed by atoms with Crippen LogP contribution in [-0.2, 0) is 0 Å². The van der Waals surface area contributed by atoms with Gasteiger partial charge >= 0.3 is 0 Å². The number of aryl methyl sites for hydroxylation is 3. The van der Waals surface area contributed by atoms with Crippen LogP contribution in [0.15, 0.2) is 18.2 Å². The Bertz CT molecular complexity index is 577. The molecule has 0 saturated carbocycles. The van der Waals surface area contributed by atoms with Gasteiger partial charge in [0.05, 0.1) is 5.69 Å². The Morgan fingerprint density at radius 2 is 1.67 bits per heavy atom. The molecule has 1 aromatic heterocycles. The fourth-order valence-electron chi connectivity index (χ4n) is 2.48. The van der Waals surface area contributed by atoms with Crippen LogP contribution < -0.4 is 0 Å². The van der Waals surface area contributed by atoms with E-state index in [0.717, 1.165) is 5.69 Å². The smallest absolute Gasteiger partial charge is 0.0675 e. The molecule has 1 heterocycles. The molecular weight excluding hydrogens is 220 g/mol. The van der Waals surface area contributed by atoms with Crippen LogP contribution in [0.5, 0.6) is 0 Å². The topological polar surface area (TPSA) is 17.8 Å². The first-order chi connectivity index (χ1) is 8.41. The SMILES string of the molecule is Cc1ccc(-c2c(C)nn(C(C)C)c2C)cc1C. The van der Waals surface area contributed by atoms with Gasteiger partial charge in [0.15, 0.2) is 0 Å². The molecule has 0 radical (unpaired) electrons. The molecule has 0 aliphatic carbocycles. The normalized spacial score (nSPS) is 11.3.